The Hall–Kier alpha value is -2.14. The van der Waals surface area contributed by atoms with Crippen molar-refractivity contribution in [2.24, 2.45) is 0 Å². The molecule has 0 amide bonds. The normalized spacial score (nSPS) is 17.4. The van der Waals surface area contributed by atoms with Crippen molar-refractivity contribution in [3.05, 3.63) is 53.7 Å². The lowest BCUT2D eigenvalue weighted by Gasteiger charge is -2.31. The minimum Gasteiger partial charge on any atom is -0.386 e. The fraction of sp³-hybridized carbons (Fsp3) is 0.389. The number of aliphatic hydroxyl groups is 1. The lowest BCUT2D eigenvalue weighted by atomic mass is 10.1. The van der Waals surface area contributed by atoms with Crippen LogP contribution in [0.4, 0.5) is 14.6 Å². The van der Waals surface area contributed by atoms with Gasteiger partial charge in [0, 0.05) is 50.6 Å². The highest BCUT2D eigenvalue weighted by Crippen LogP contribution is 2.20. The molecule has 2 aromatic rings. The molecule has 0 radical (unpaired) electrons. The van der Waals surface area contributed by atoms with Crippen molar-refractivity contribution in [3.63, 3.8) is 0 Å². The van der Waals surface area contributed by atoms with Crippen LogP contribution in [-0.2, 0) is 10.0 Å². The third kappa shape index (κ3) is 4.64. The van der Waals surface area contributed by atoms with E-state index in [2.05, 4.69) is 15.2 Å². The number of benzene rings is 1. The maximum atomic E-state index is 13.7. The maximum absolute atomic E-state index is 13.7. The lowest BCUT2D eigenvalue weighted by Crippen LogP contribution is -2.47. The second-order valence-corrected chi connectivity index (χ2v) is 8.59. The van der Waals surface area contributed by atoms with Gasteiger partial charge in [0.05, 0.1) is 6.10 Å². The summed E-state index contributed by atoms with van der Waals surface area (Å²) in [6.45, 7) is 2.12. The summed E-state index contributed by atoms with van der Waals surface area (Å²) < 4.78 is 53.4. The number of piperazine rings is 1. The molecule has 0 aliphatic carbocycles. The number of likely N-dealkylation sites (N-methyl/N-ethyl adjacent to an activating group) is 1. The second-order valence-electron chi connectivity index (χ2n) is 6.65. The Morgan fingerprint density at radius 2 is 1.89 bits per heavy atom. The molecule has 7 nitrogen and oxygen atoms in total. The highest BCUT2D eigenvalue weighted by Gasteiger charge is 2.27. The van der Waals surface area contributed by atoms with Gasteiger partial charge >= 0.3 is 0 Å². The average molecular weight is 412 g/mol. The fourth-order valence-corrected chi connectivity index (χ4v) is 4.27. The van der Waals surface area contributed by atoms with Gasteiger partial charge < -0.3 is 15.3 Å². The zero-order valence-corrected chi connectivity index (χ0v) is 16.2. The molecule has 1 aliphatic rings. The predicted molar refractivity (Wildman–Crippen MR) is 100 cm³/mol. The third-order valence-corrected chi connectivity index (χ3v) is 6.52. The van der Waals surface area contributed by atoms with Crippen LogP contribution in [0, 0.1) is 11.6 Å². The number of hydrogen-bond acceptors (Lipinski definition) is 6. The SMILES string of the molecule is CN1CCN(S(=O)(=O)c2ccc(NCC(O)c3ccc(F)cc3F)nc2)CC1. The molecule has 10 heteroatoms. The summed E-state index contributed by atoms with van der Waals surface area (Å²) in [5.74, 6) is -1.23. The van der Waals surface area contributed by atoms with Gasteiger partial charge in [0.1, 0.15) is 22.3 Å². The molecule has 3 rings (SSSR count). The van der Waals surface area contributed by atoms with E-state index in [-0.39, 0.29) is 17.0 Å². The second kappa shape index (κ2) is 8.48. The largest absolute Gasteiger partial charge is 0.386 e. The number of hydrogen-bond donors (Lipinski definition) is 2. The van der Waals surface area contributed by atoms with Gasteiger partial charge in [0.15, 0.2) is 0 Å². The summed E-state index contributed by atoms with van der Waals surface area (Å²) in [5.41, 5.74) is -0.0387. The van der Waals surface area contributed by atoms with Crippen molar-refractivity contribution in [1.29, 1.82) is 0 Å². The van der Waals surface area contributed by atoms with Gasteiger partial charge in [0.2, 0.25) is 10.0 Å². The maximum Gasteiger partial charge on any atom is 0.244 e. The molecule has 1 aromatic carbocycles. The molecular weight excluding hydrogens is 390 g/mol. The lowest BCUT2D eigenvalue weighted by molar-refractivity contribution is 0.186. The first-order valence-corrected chi connectivity index (χ1v) is 10.2. The Bertz CT molecular complexity index is 917. The van der Waals surface area contributed by atoms with Crippen LogP contribution in [0.3, 0.4) is 0 Å². The quantitative estimate of drug-likeness (QED) is 0.747. The number of pyridine rings is 1. The zero-order chi connectivity index (χ0) is 20.3. The Morgan fingerprint density at radius 3 is 2.50 bits per heavy atom. The molecule has 1 aliphatic heterocycles. The van der Waals surface area contributed by atoms with E-state index in [9.17, 15) is 22.3 Å². The van der Waals surface area contributed by atoms with Crippen LogP contribution in [-0.4, -0.2) is 67.5 Å². The van der Waals surface area contributed by atoms with Gasteiger partial charge in [-0.1, -0.05) is 6.07 Å². The van der Waals surface area contributed by atoms with E-state index in [1.165, 1.54) is 28.7 Å². The topological polar surface area (TPSA) is 85.8 Å². The minimum atomic E-state index is -3.60. The van der Waals surface area contributed by atoms with Crippen molar-refractivity contribution in [2.75, 3.05) is 45.1 Å². The van der Waals surface area contributed by atoms with Gasteiger partial charge in [-0.3, -0.25) is 0 Å². The number of anilines is 1. The van der Waals surface area contributed by atoms with Gasteiger partial charge in [-0.25, -0.2) is 22.2 Å². The van der Waals surface area contributed by atoms with Crippen LogP contribution in [0.5, 0.6) is 0 Å². The highest BCUT2D eigenvalue weighted by atomic mass is 32.2. The molecule has 2 N–H and O–H groups in total. The molecule has 2 heterocycles. The summed E-state index contributed by atoms with van der Waals surface area (Å²) >= 11 is 0. The van der Waals surface area contributed by atoms with Gasteiger partial charge in [-0.2, -0.15) is 4.31 Å². The number of nitrogens with zero attached hydrogens (tertiary/aromatic N) is 3. The van der Waals surface area contributed by atoms with Crippen LogP contribution in [0.15, 0.2) is 41.4 Å². The first-order chi connectivity index (χ1) is 13.3. The smallest absolute Gasteiger partial charge is 0.244 e. The molecular formula is C18H22F2N4O3S. The monoisotopic (exact) mass is 412 g/mol. The van der Waals surface area contributed by atoms with Crippen molar-refractivity contribution in [2.45, 2.75) is 11.0 Å². The molecule has 1 saturated heterocycles. The molecule has 1 unspecified atom stereocenters. The van der Waals surface area contributed by atoms with Gasteiger partial charge in [-0.15, -0.1) is 0 Å². The predicted octanol–water partition coefficient (Wildman–Crippen LogP) is 1.44. The number of sulfonamides is 1. The zero-order valence-electron chi connectivity index (χ0n) is 15.3. The molecule has 1 atom stereocenters. The Morgan fingerprint density at radius 1 is 1.18 bits per heavy atom. The van der Waals surface area contributed by atoms with Crippen LogP contribution < -0.4 is 5.32 Å². The summed E-state index contributed by atoms with van der Waals surface area (Å²) in [5, 5.41) is 12.9. The van der Waals surface area contributed by atoms with Crippen LogP contribution in [0.1, 0.15) is 11.7 Å². The molecule has 28 heavy (non-hydrogen) atoms. The van der Waals surface area contributed by atoms with Crippen molar-refractivity contribution in [3.8, 4) is 0 Å². The van der Waals surface area contributed by atoms with Crippen LogP contribution in [0.25, 0.3) is 0 Å². The first kappa shape index (κ1) is 20.6. The van der Waals surface area contributed by atoms with E-state index in [1.54, 1.807) is 0 Å². The van der Waals surface area contributed by atoms with E-state index in [4.69, 9.17) is 0 Å². The molecule has 0 bridgehead atoms. The van der Waals surface area contributed by atoms with E-state index in [0.29, 0.717) is 38.1 Å². The standard InChI is InChI=1S/C18H22F2N4O3S/c1-23-6-8-24(9-7-23)28(26,27)14-3-5-18(21-11-14)22-12-17(25)15-4-2-13(19)10-16(15)20/h2-5,10-11,17,25H,6-9,12H2,1H3,(H,21,22). The molecule has 1 fully saturated rings. The third-order valence-electron chi connectivity index (χ3n) is 4.63. The van der Waals surface area contributed by atoms with Gasteiger partial charge in [-0.05, 0) is 25.2 Å². The summed E-state index contributed by atoms with van der Waals surface area (Å²) in [6.07, 6.45) is 0.0389. The first-order valence-electron chi connectivity index (χ1n) is 8.79. The van der Waals surface area contributed by atoms with E-state index in [0.717, 1.165) is 6.07 Å². The van der Waals surface area contributed by atoms with Gasteiger partial charge in [0.25, 0.3) is 0 Å². The summed E-state index contributed by atoms with van der Waals surface area (Å²) in [7, 11) is -1.66. The number of rotatable bonds is 6. The highest BCUT2D eigenvalue weighted by molar-refractivity contribution is 7.89. The number of aromatic nitrogens is 1. The molecule has 0 saturated carbocycles. The summed E-state index contributed by atoms with van der Waals surface area (Å²) in [4.78, 5) is 6.22. The number of aliphatic hydroxyl groups excluding tert-OH is 1. The summed E-state index contributed by atoms with van der Waals surface area (Å²) in [6, 6.07) is 5.87. The minimum absolute atomic E-state index is 0.0387. The molecule has 1 aromatic heterocycles. The fourth-order valence-electron chi connectivity index (χ4n) is 2.90. The average Bonchev–Trinajstić information content (AvgIpc) is 2.67. The molecule has 0 spiro atoms. The van der Waals surface area contributed by atoms with E-state index in [1.807, 2.05) is 7.05 Å². The Kier molecular flexibility index (Phi) is 6.23. The Labute approximate surface area is 162 Å². The van der Waals surface area contributed by atoms with Crippen molar-refractivity contribution < 1.29 is 22.3 Å². The van der Waals surface area contributed by atoms with E-state index < -0.39 is 27.8 Å². The van der Waals surface area contributed by atoms with Crippen molar-refractivity contribution in [1.82, 2.24) is 14.2 Å². The number of halogens is 2. The van der Waals surface area contributed by atoms with Crippen LogP contribution in [0.2, 0.25) is 0 Å². The Balaban J connectivity index is 1.62. The molecule has 152 valence electrons. The number of nitrogens with one attached hydrogen (secondary N) is 1. The van der Waals surface area contributed by atoms with Crippen LogP contribution >= 0.6 is 0 Å². The van der Waals surface area contributed by atoms with Crippen molar-refractivity contribution >= 4 is 15.8 Å². The van der Waals surface area contributed by atoms with E-state index >= 15 is 0 Å².